The molecule has 20 heavy (non-hydrogen) atoms. The van der Waals surface area contributed by atoms with Gasteiger partial charge in [0.15, 0.2) is 6.04 Å². The van der Waals surface area contributed by atoms with Gasteiger partial charge in [-0.2, -0.15) is 0 Å². The van der Waals surface area contributed by atoms with Crippen molar-refractivity contribution in [3.05, 3.63) is 45.0 Å². The number of methoxy groups -OCH3 is 1. The van der Waals surface area contributed by atoms with E-state index in [9.17, 15) is 14.4 Å². The van der Waals surface area contributed by atoms with Crippen LogP contribution in [0.15, 0.2) is 33.9 Å². The highest BCUT2D eigenvalue weighted by Gasteiger charge is 2.29. The summed E-state index contributed by atoms with van der Waals surface area (Å²) in [5, 5.41) is 0.726. The third-order valence-electron chi connectivity index (χ3n) is 3.71. The van der Waals surface area contributed by atoms with E-state index < -0.39 is 12.0 Å². The molecule has 0 fully saturated rings. The third-order valence-corrected chi connectivity index (χ3v) is 3.71. The van der Waals surface area contributed by atoms with E-state index >= 15 is 0 Å². The van der Waals surface area contributed by atoms with E-state index in [2.05, 4.69) is 0 Å². The lowest BCUT2D eigenvalue weighted by atomic mass is 10.1. The van der Waals surface area contributed by atoms with Crippen LogP contribution in [0.25, 0.3) is 10.8 Å². The van der Waals surface area contributed by atoms with Gasteiger partial charge in [-0.3, -0.25) is 9.59 Å². The number of fused-ring (bicyclic) bond motifs is 2. The van der Waals surface area contributed by atoms with Gasteiger partial charge in [-0.1, -0.05) is 12.1 Å². The molecule has 0 saturated heterocycles. The molecular formula is C14H14N2O4. The quantitative estimate of drug-likeness (QED) is 0.717. The predicted molar refractivity (Wildman–Crippen MR) is 72.8 cm³/mol. The third kappa shape index (κ3) is 1.68. The van der Waals surface area contributed by atoms with Crippen LogP contribution in [0.4, 0.5) is 0 Å². The number of ether oxygens (including phenoxy) is 1. The van der Waals surface area contributed by atoms with Crippen molar-refractivity contribution in [2.24, 2.45) is 0 Å². The molecule has 0 N–H and O–H groups in total. The molecule has 0 saturated carbocycles. The average molecular weight is 274 g/mol. The second-order valence-corrected chi connectivity index (χ2v) is 4.80. The van der Waals surface area contributed by atoms with Crippen LogP contribution in [0.1, 0.15) is 18.9 Å². The lowest BCUT2D eigenvalue weighted by Gasteiger charge is -2.27. The molecule has 2 heterocycles. The number of hydrogen-bond acceptors (Lipinski definition) is 4. The Morgan fingerprint density at radius 3 is 2.50 bits per heavy atom. The van der Waals surface area contributed by atoms with E-state index in [0.717, 1.165) is 0 Å². The van der Waals surface area contributed by atoms with Gasteiger partial charge in [-0.05, 0) is 25.0 Å². The minimum atomic E-state index is -0.724. The van der Waals surface area contributed by atoms with Gasteiger partial charge in [-0.15, -0.1) is 0 Å². The maximum Gasteiger partial charge on any atom is 0.330 e. The van der Waals surface area contributed by atoms with Crippen molar-refractivity contribution in [1.82, 2.24) is 9.36 Å². The molecule has 2 aromatic rings. The van der Waals surface area contributed by atoms with Crippen molar-refractivity contribution in [3.63, 3.8) is 0 Å². The highest BCUT2D eigenvalue weighted by atomic mass is 16.5. The number of carbonyl (C=O) groups is 1. The van der Waals surface area contributed by atoms with E-state index in [0.29, 0.717) is 30.2 Å². The van der Waals surface area contributed by atoms with E-state index in [1.807, 2.05) is 0 Å². The van der Waals surface area contributed by atoms with Crippen molar-refractivity contribution in [1.29, 1.82) is 0 Å². The molecule has 0 aliphatic carbocycles. The summed E-state index contributed by atoms with van der Waals surface area (Å²) in [7, 11) is 1.28. The first-order valence-corrected chi connectivity index (χ1v) is 6.47. The topological polar surface area (TPSA) is 70.3 Å². The average Bonchev–Trinajstić information content (AvgIpc) is 2.51. The molecule has 0 bridgehead atoms. The zero-order valence-corrected chi connectivity index (χ0v) is 11.0. The Morgan fingerprint density at radius 1 is 1.20 bits per heavy atom. The Balaban J connectivity index is 2.40. The molecular weight excluding hydrogens is 260 g/mol. The largest absolute Gasteiger partial charge is 0.467 e. The van der Waals surface area contributed by atoms with Gasteiger partial charge in [0.1, 0.15) is 0 Å². The van der Waals surface area contributed by atoms with Gasteiger partial charge in [0, 0.05) is 6.54 Å². The standard InChI is InChI=1S/C14H14N2O4/c1-20-14(19)11-7-4-8-15-12(17)9-5-2-3-6-10(9)13(18)16(11)15/h2-3,5-6,11H,4,7-8H2,1H3. The minimum Gasteiger partial charge on any atom is -0.467 e. The number of carbonyl (C=O) groups excluding carboxylic acids is 1. The number of benzene rings is 1. The van der Waals surface area contributed by atoms with Crippen LogP contribution < -0.4 is 11.1 Å². The minimum absolute atomic E-state index is 0.242. The lowest BCUT2D eigenvalue weighted by Crippen LogP contribution is -2.46. The maximum atomic E-state index is 12.6. The Morgan fingerprint density at radius 2 is 1.85 bits per heavy atom. The highest BCUT2D eigenvalue weighted by Crippen LogP contribution is 2.19. The van der Waals surface area contributed by atoms with Crippen LogP contribution in [-0.4, -0.2) is 22.4 Å². The van der Waals surface area contributed by atoms with Crippen LogP contribution in [0.5, 0.6) is 0 Å². The van der Waals surface area contributed by atoms with Gasteiger partial charge in [0.2, 0.25) is 0 Å². The molecule has 1 aromatic carbocycles. The van der Waals surface area contributed by atoms with Crippen molar-refractivity contribution in [2.75, 3.05) is 7.11 Å². The van der Waals surface area contributed by atoms with Gasteiger partial charge < -0.3 is 4.74 Å². The van der Waals surface area contributed by atoms with Crippen LogP contribution in [0.2, 0.25) is 0 Å². The fourth-order valence-corrected chi connectivity index (χ4v) is 2.76. The van der Waals surface area contributed by atoms with Gasteiger partial charge in [0.25, 0.3) is 11.1 Å². The zero-order chi connectivity index (χ0) is 14.3. The summed E-state index contributed by atoms with van der Waals surface area (Å²) in [5.41, 5.74) is -0.566. The van der Waals surface area contributed by atoms with Crippen molar-refractivity contribution >= 4 is 16.7 Å². The summed E-state index contributed by atoms with van der Waals surface area (Å²) in [4.78, 5) is 36.8. The molecule has 1 unspecified atom stereocenters. The number of esters is 1. The molecule has 1 aromatic heterocycles. The van der Waals surface area contributed by atoms with Crippen molar-refractivity contribution < 1.29 is 9.53 Å². The summed E-state index contributed by atoms with van der Waals surface area (Å²) >= 11 is 0. The zero-order valence-electron chi connectivity index (χ0n) is 11.0. The lowest BCUT2D eigenvalue weighted by molar-refractivity contribution is -0.146. The second kappa shape index (κ2) is 4.63. The number of aromatic nitrogens is 2. The van der Waals surface area contributed by atoms with E-state index in [1.165, 1.54) is 16.5 Å². The Bertz CT molecular complexity index is 803. The number of rotatable bonds is 1. The first-order valence-electron chi connectivity index (χ1n) is 6.47. The van der Waals surface area contributed by atoms with Crippen molar-refractivity contribution in [2.45, 2.75) is 25.4 Å². The first-order chi connectivity index (χ1) is 9.65. The van der Waals surface area contributed by atoms with Gasteiger partial charge in [-0.25, -0.2) is 14.2 Å². The monoisotopic (exact) mass is 274 g/mol. The van der Waals surface area contributed by atoms with Gasteiger partial charge in [0.05, 0.1) is 17.9 Å². The van der Waals surface area contributed by atoms with E-state index in [1.54, 1.807) is 24.3 Å². The molecule has 6 nitrogen and oxygen atoms in total. The number of hydrogen-bond donors (Lipinski definition) is 0. The normalized spacial score (nSPS) is 17.8. The summed E-state index contributed by atoms with van der Waals surface area (Å²) in [6.07, 6.45) is 1.17. The molecule has 0 amide bonds. The van der Waals surface area contributed by atoms with Gasteiger partial charge >= 0.3 is 5.97 Å². The first kappa shape index (κ1) is 12.7. The molecule has 1 aliphatic heterocycles. The van der Waals surface area contributed by atoms with Crippen LogP contribution in [0, 0.1) is 0 Å². The van der Waals surface area contributed by atoms with Crippen LogP contribution in [-0.2, 0) is 16.1 Å². The predicted octanol–water partition coefficient (Wildman–Crippen LogP) is 0.671. The summed E-state index contributed by atoms with van der Waals surface area (Å²) < 4.78 is 7.35. The molecule has 0 spiro atoms. The number of nitrogens with zero attached hydrogens (tertiary/aromatic N) is 2. The summed E-state index contributed by atoms with van der Waals surface area (Å²) in [6.45, 7) is 0.437. The SMILES string of the molecule is COC(=O)C1CCCn2c(=O)c3ccccc3c(=O)n21. The van der Waals surface area contributed by atoms with Crippen LogP contribution >= 0.6 is 0 Å². The Hall–Kier alpha value is -2.37. The summed E-state index contributed by atoms with van der Waals surface area (Å²) in [6, 6.07) is 5.95. The molecule has 104 valence electrons. The molecule has 1 atom stereocenters. The molecule has 6 heteroatoms. The Kier molecular flexibility index (Phi) is 2.93. The van der Waals surface area contributed by atoms with Crippen molar-refractivity contribution in [3.8, 4) is 0 Å². The van der Waals surface area contributed by atoms with E-state index in [4.69, 9.17) is 4.74 Å². The highest BCUT2D eigenvalue weighted by molar-refractivity contribution is 5.81. The molecule has 0 radical (unpaired) electrons. The maximum absolute atomic E-state index is 12.6. The summed E-state index contributed by atoms with van der Waals surface area (Å²) in [5.74, 6) is -0.491. The van der Waals surface area contributed by atoms with Crippen LogP contribution in [0.3, 0.4) is 0 Å². The second-order valence-electron chi connectivity index (χ2n) is 4.80. The fraction of sp³-hybridized carbons (Fsp3) is 0.357. The molecule has 3 rings (SSSR count). The smallest absolute Gasteiger partial charge is 0.330 e. The fourth-order valence-electron chi connectivity index (χ4n) is 2.76. The van der Waals surface area contributed by atoms with E-state index in [-0.39, 0.29) is 11.1 Å². The Labute approximate surface area is 114 Å². The molecule has 1 aliphatic rings.